The van der Waals surface area contributed by atoms with Crippen molar-refractivity contribution >= 4 is 76.6 Å². The van der Waals surface area contributed by atoms with Crippen molar-refractivity contribution in [1.29, 1.82) is 0 Å². The summed E-state index contributed by atoms with van der Waals surface area (Å²) < 4.78 is 83.6. The lowest BCUT2D eigenvalue weighted by atomic mass is 9.78. The average Bonchev–Trinajstić information content (AvgIpc) is 1.15. The van der Waals surface area contributed by atoms with E-state index < -0.39 is 179 Å². The summed E-state index contributed by atoms with van der Waals surface area (Å²) >= 11 is 6.37. The molecule has 0 aromatic rings. The largest absolute Gasteiger partial charge is 0.393 e. The van der Waals surface area contributed by atoms with E-state index in [1.54, 1.807) is 27.9 Å². The first kappa shape index (κ1) is 79.4. The molecule has 29 heteroatoms. The van der Waals surface area contributed by atoms with Crippen molar-refractivity contribution in [2.45, 2.75) is 273 Å². The first-order valence-corrected chi connectivity index (χ1v) is 36.3. The van der Waals surface area contributed by atoms with Gasteiger partial charge in [0, 0.05) is 66.2 Å². The van der Waals surface area contributed by atoms with Gasteiger partial charge in [-0.05, 0) is 159 Å². The molecule has 3 heterocycles. The van der Waals surface area contributed by atoms with Crippen LogP contribution >= 0.6 is 11.6 Å². The van der Waals surface area contributed by atoms with Crippen molar-refractivity contribution in [3.63, 3.8) is 0 Å². The molecule has 7 aliphatic rings. The number of alkyl halides is 7. The van der Waals surface area contributed by atoms with E-state index in [0.717, 1.165) is 17.7 Å². The number of likely N-dealkylation sites (N-methyl/N-ethyl adjacent to an activating group) is 5. The number of amides is 11. The summed E-state index contributed by atoms with van der Waals surface area (Å²) in [6.45, 7) is 9.88. The van der Waals surface area contributed by atoms with Crippen molar-refractivity contribution in [3.8, 4) is 0 Å². The molecule has 3 saturated heterocycles. The van der Waals surface area contributed by atoms with Gasteiger partial charge in [0.05, 0.1) is 18.4 Å². The standard InChI is InChI=1S/C69H108ClF6N11O11/c1-12-40(4)56-64(96)83(9)42(6)61(93)87-33-29-52(87)58(90)78-50(37-44-21-25-46(26-22-44)68(71,72)73)62(94)81(7)38-54(88)77-49(28-24-43-23-27-47(48(70)36-43)69(74,75)76)63(95)86-32-17-20-51(86)60(92)80-67(30-15-16-31-67)66(98)85(11)57(45-18-13-14-19-45)65(97)82(8)41(5)35-55(89)84(10)53(34-39(2)3)59(91)79-56/h39-53,56-57H,12-38H2,1-11H3,(H,77,88)(H,78,90)(H,79,91)(H,80,92)/t40-,41+,42-,43?,44?,46?,47?,48?,49-,50-,51-,52-,53-,56-,57-/m0/s1. The Morgan fingerprint density at radius 1 is 0.582 bits per heavy atom. The summed E-state index contributed by atoms with van der Waals surface area (Å²) in [5, 5.41) is 10.2. The Morgan fingerprint density at radius 2 is 1.19 bits per heavy atom. The number of hydrogen-bond donors (Lipinski definition) is 4. The zero-order chi connectivity index (χ0) is 72.6. The fourth-order valence-corrected chi connectivity index (χ4v) is 16.7. The molecule has 0 aromatic heterocycles. The van der Waals surface area contributed by atoms with E-state index in [2.05, 4.69) is 21.3 Å². The van der Waals surface area contributed by atoms with Crippen LogP contribution in [0.4, 0.5) is 26.3 Å². The number of nitrogens with zero attached hydrogens (tertiary/aromatic N) is 7. The number of carbonyl (C=O) groups is 11. The molecule has 98 heavy (non-hydrogen) atoms. The van der Waals surface area contributed by atoms with Gasteiger partial charge in [0.2, 0.25) is 65.0 Å². The molecule has 554 valence electrons. The zero-order valence-electron chi connectivity index (χ0n) is 59.2. The van der Waals surface area contributed by atoms with Gasteiger partial charge >= 0.3 is 12.4 Å². The van der Waals surface area contributed by atoms with E-state index in [0.29, 0.717) is 38.5 Å². The molecule has 3 unspecified atom stereocenters. The average molecular weight is 1420 g/mol. The monoisotopic (exact) mass is 1420 g/mol. The number of fused-ring (bicyclic) bond motifs is 2. The summed E-state index contributed by atoms with van der Waals surface area (Å²) in [5.41, 5.74) is -1.51. The highest BCUT2D eigenvalue weighted by atomic mass is 35.5. The van der Waals surface area contributed by atoms with Crippen LogP contribution in [0.1, 0.15) is 196 Å². The van der Waals surface area contributed by atoms with E-state index in [-0.39, 0.29) is 128 Å². The Morgan fingerprint density at radius 3 is 1.77 bits per heavy atom. The topological polar surface area (TPSA) is 259 Å². The predicted molar refractivity (Wildman–Crippen MR) is 353 cm³/mol. The van der Waals surface area contributed by atoms with Gasteiger partial charge in [0.1, 0.15) is 53.9 Å². The van der Waals surface area contributed by atoms with Crippen LogP contribution in [-0.2, 0) is 52.7 Å². The molecule has 4 aliphatic carbocycles. The van der Waals surface area contributed by atoms with Gasteiger partial charge in [0.25, 0.3) is 0 Å². The van der Waals surface area contributed by atoms with Gasteiger partial charge in [-0.3, -0.25) is 52.7 Å². The number of rotatable bonds is 10. The predicted octanol–water partition coefficient (Wildman–Crippen LogP) is 7.08. The quantitative estimate of drug-likeness (QED) is 0.127. The molecule has 0 radical (unpaired) electrons. The second-order valence-corrected chi connectivity index (χ2v) is 30.7. The third-order valence-electron chi connectivity index (χ3n) is 23.0. The van der Waals surface area contributed by atoms with E-state index in [1.165, 1.54) is 57.5 Å². The van der Waals surface area contributed by atoms with E-state index in [1.807, 2.05) is 20.8 Å². The lowest BCUT2D eigenvalue weighted by Gasteiger charge is -2.43. The highest BCUT2D eigenvalue weighted by Crippen LogP contribution is 2.45. The summed E-state index contributed by atoms with van der Waals surface area (Å²) in [7, 11) is 7.25. The lowest BCUT2D eigenvalue weighted by molar-refractivity contribution is -0.184. The van der Waals surface area contributed by atoms with E-state index in [9.17, 15) is 64.7 Å². The normalized spacial score (nSPS) is 32.8. The van der Waals surface area contributed by atoms with Gasteiger partial charge in [-0.15, -0.1) is 11.6 Å². The van der Waals surface area contributed by atoms with Crippen molar-refractivity contribution in [1.82, 2.24) is 55.6 Å². The van der Waals surface area contributed by atoms with Gasteiger partial charge in [-0.2, -0.15) is 26.3 Å². The Labute approximate surface area is 578 Å². The van der Waals surface area contributed by atoms with Crippen molar-refractivity contribution in [3.05, 3.63) is 0 Å². The van der Waals surface area contributed by atoms with Crippen LogP contribution in [0.2, 0.25) is 0 Å². The van der Waals surface area contributed by atoms with Crippen LogP contribution in [0, 0.1) is 41.4 Å². The molecule has 0 bridgehead atoms. The van der Waals surface area contributed by atoms with E-state index in [4.69, 9.17) is 11.6 Å². The van der Waals surface area contributed by atoms with Crippen molar-refractivity contribution in [2.75, 3.05) is 54.9 Å². The summed E-state index contributed by atoms with van der Waals surface area (Å²) in [4.78, 5) is 172. The second-order valence-electron chi connectivity index (χ2n) is 30.1. The molecule has 4 saturated carbocycles. The Bertz CT molecular complexity index is 2870. The minimum atomic E-state index is -4.54. The molecular weight excluding hydrogens is 1310 g/mol. The molecule has 0 aromatic carbocycles. The lowest BCUT2D eigenvalue weighted by Crippen LogP contribution is -2.65. The molecule has 13 atom stereocenters. The maximum absolute atomic E-state index is 15.4. The Hall–Kier alpha value is -5.96. The van der Waals surface area contributed by atoms with Crippen LogP contribution < -0.4 is 21.3 Å². The number of halogens is 7. The zero-order valence-corrected chi connectivity index (χ0v) is 59.9. The molecule has 11 amide bonds. The third kappa shape index (κ3) is 19.0. The molecule has 22 nitrogen and oxygen atoms in total. The number of carbonyl (C=O) groups excluding carboxylic acids is 11. The van der Waals surface area contributed by atoms with Crippen LogP contribution in [-0.4, -0.2) is 232 Å². The maximum Gasteiger partial charge on any atom is 0.393 e. The van der Waals surface area contributed by atoms with Crippen LogP contribution in [0.5, 0.6) is 0 Å². The van der Waals surface area contributed by atoms with Crippen LogP contribution in [0.15, 0.2) is 0 Å². The summed E-state index contributed by atoms with van der Waals surface area (Å²) in [6.07, 6.45) is -4.37. The smallest absolute Gasteiger partial charge is 0.343 e. The van der Waals surface area contributed by atoms with Crippen LogP contribution in [0.3, 0.4) is 0 Å². The summed E-state index contributed by atoms with van der Waals surface area (Å²) in [5.74, 6) is -12.3. The fourth-order valence-electron chi connectivity index (χ4n) is 16.1. The third-order valence-corrected chi connectivity index (χ3v) is 23.4. The molecule has 4 N–H and O–H groups in total. The SMILES string of the molecule is CC[C@H](C)[C@@H]1NC(=O)[C@H](CC(C)C)N(C)C(=O)C[C@@H](C)N(C)C(=O)[C@H](C2CCCC2)N(C)C(=O)C2(CCCC2)NC(=O)[C@@H]2CCCN2C(=O)[C@H](CCC2CCC(C(F)(F)F)C(Cl)C2)NC(=O)CN(C)C(=O)[C@H](CC2CCC(C(F)(F)F)CC2)NC(=O)[C@@H]2CCN2C(=O)[C@H](C)N(C)C1=O. The Balaban J connectivity index is 1.24. The van der Waals surface area contributed by atoms with Gasteiger partial charge in [0.15, 0.2) is 0 Å². The molecule has 7 rings (SSSR count). The van der Waals surface area contributed by atoms with Crippen molar-refractivity contribution < 1.29 is 79.1 Å². The fraction of sp³-hybridized carbons (Fsp3) is 0.841. The Kier molecular flexibility index (Phi) is 27.3. The molecule has 3 aliphatic heterocycles. The number of hydrogen-bond acceptors (Lipinski definition) is 11. The maximum atomic E-state index is 15.4. The van der Waals surface area contributed by atoms with Gasteiger partial charge in [-0.1, -0.05) is 59.8 Å². The minimum absolute atomic E-state index is 0.0386. The van der Waals surface area contributed by atoms with Gasteiger partial charge in [-0.25, -0.2) is 0 Å². The van der Waals surface area contributed by atoms with E-state index >= 15 is 14.4 Å². The highest BCUT2D eigenvalue weighted by Gasteiger charge is 2.53. The molecule has 7 fully saturated rings. The number of nitrogens with one attached hydrogen (secondary N) is 4. The summed E-state index contributed by atoms with van der Waals surface area (Å²) in [6, 6.07) is -10.5. The highest BCUT2D eigenvalue weighted by molar-refractivity contribution is 6.20. The minimum Gasteiger partial charge on any atom is -0.343 e. The first-order valence-electron chi connectivity index (χ1n) is 35.8. The van der Waals surface area contributed by atoms with Crippen LogP contribution in [0.25, 0.3) is 0 Å². The molecule has 1 spiro atoms. The van der Waals surface area contributed by atoms with Crippen molar-refractivity contribution in [2.24, 2.45) is 41.4 Å². The van der Waals surface area contributed by atoms with Gasteiger partial charge < -0.3 is 55.6 Å². The first-order chi connectivity index (χ1) is 45.9. The second kappa shape index (κ2) is 33.7. The molecular formula is C69H108ClF6N11O11.